The summed E-state index contributed by atoms with van der Waals surface area (Å²) in [5, 5.41) is 3.18. The molecule has 0 aliphatic carbocycles. The lowest BCUT2D eigenvalue weighted by atomic mass is 10.1. The van der Waals surface area contributed by atoms with Gasteiger partial charge in [0.2, 0.25) is 10.0 Å². The summed E-state index contributed by atoms with van der Waals surface area (Å²) in [6.45, 7) is 2.68. The van der Waals surface area contributed by atoms with Crippen molar-refractivity contribution in [3.8, 4) is 5.75 Å². The third-order valence-corrected chi connectivity index (χ3v) is 8.63. The maximum absolute atomic E-state index is 14.2. The van der Waals surface area contributed by atoms with Gasteiger partial charge < -0.3 is 10.1 Å². The van der Waals surface area contributed by atoms with Crippen molar-refractivity contribution < 1.29 is 22.3 Å². The standard InChI is InChI=1S/C22H23FN2O4S2/c1-14-20-16(23)7-6-8-19(20)30-21(14)22(26)24-17-13-15(9-10-18(17)29-2)31(27,28)25-11-4-3-5-12-25/h6-10,13H,3-5,11-12H2,1-2H3,(H,24,26). The molecule has 1 aliphatic rings. The zero-order valence-electron chi connectivity index (χ0n) is 17.3. The number of carbonyl (C=O) groups is 1. The summed E-state index contributed by atoms with van der Waals surface area (Å²) < 4.78 is 47.8. The predicted octanol–water partition coefficient (Wildman–Crippen LogP) is 4.78. The number of sulfonamides is 1. The minimum absolute atomic E-state index is 0.101. The Bertz CT molecular complexity index is 1250. The Labute approximate surface area is 184 Å². The van der Waals surface area contributed by atoms with Crippen LogP contribution in [-0.4, -0.2) is 38.8 Å². The summed E-state index contributed by atoms with van der Waals surface area (Å²) >= 11 is 1.19. The van der Waals surface area contributed by atoms with E-state index in [-0.39, 0.29) is 16.4 Å². The van der Waals surface area contributed by atoms with E-state index in [1.165, 1.54) is 47.0 Å². The number of methoxy groups -OCH3 is 1. The number of piperidine rings is 1. The molecule has 4 rings (SSSR count). The van der Waals surface area contributed by atoms with Crippen molar-refractivity contribution in [2.75, 3.05) is 25.5 Å². The van der Waals surface area contributed by atoms with E-state index in [0.29, 0.717) is 39.4 Å². The van der Waals surface area contributed by atoms with Crippen LogP contribution in [0.5, 0.6) is 5.75 Å². The van der Waals surface area contributed by atoms with Crippen LogP contribution in [0, 0.1) is 12.7 Å². The molecule has 1 N–H and O–H groups in total. The highest BCUT2D eigenvalue weighted by atomic mass is 32.2. The van der Waals surface area contributed by atoms with E-state index in [9.17, 15) is 17.6 Å². The van der Waals surface area contributed by atoms with E-state index >= 15 is 0 Å². The number of nitrogens with zero attached hydrogens (tertiary/aromatic N) is 1. The van der Waals surface area contributed by atoms with Crippen molar-refractivity contribution in [3.05, 3.63) is 52.7 Å². The average molecular weight is 463 g/mol. The van der Waals surface area contributed by atoms with Gasteiger partial charge in [-0.05, 0) is 55.7 Å². The van der Waals surface area contributed by atoms with Gasteiger partial charge in [-0.25, -0.2) is 12.8 Å². The van der Waals surface area contributed by atoms with Gasteiger partial charge >= 0.3 is 0 Å². The van der Waals surface area contributed by atoms with Crippen molar-refractivity contribution in [3.63, 3.8) is 0 Å². The van der Waals surface area contributed by atoms with Crippen molar-refractivity contribution in [2.45, 2.75) is 31.1 Å². The predicted molar refractivity (Wildman–Crippen MR) is 120 cm³/mol. The van der Waals surface area contributed by atoms with Crippen molar-refractivity contribution in [2.24, 2.45) is 0 Å². The number of carbonyl (C=O) groups excluding carboxylic acids is 1. The molecule has 0 spiro atoms. The molecule has 1 fully saturated rings. The number of anilines is 1. The van der Waals surface area contributed by atoms with Crippen LogP contribution in [0.3, 0.4) is 0 Å². The molecule has 31 heavy (non-hydrogen) atoms. The number of halogens is 1. The minimum atomic E-state index is -3.66. The van der Waals surface area contributed by atoms with E-state index in [1.807, 2.05) is 0 Å². The summed E-state index contributed by atoms with van der Waals surface area (Å²) in [6.07, 6.45) is 2.69. The first kappa shape index (κ1) is 21.7. The normalized spacial score (nSPS) is 15.2. The number of hydrogen-bond donors (Lipinski definition) is 1. The molecule has 1 saturated heterocycles. The Hall–Kier alpha value is -2.49. The van der Waals surface area contributed by atoms with Gasteiger partial charge in [0, 0.05) is 23.2 Å². The van der Waals surface area contributed by atoms with E-state index < -0.39 is 15.9 Å². The molecular formula is C22H23FN2O4S2. The van der Waals surface area contributed by atoms with Crippen LogP contribution in [0.15, 0.2) is 41.3 Å². The molecule has 3 aromatic rings. The summed E-state index contributed by atoms with van der Waals surface area (Å²) in [6, 6.07) is 9.17. The zero-order valence-corrected chi connectivity index (χ0v) is 18.9. The first-order valence-electron chi connectivity index (χ1n) is 10.00. The molecule has 0 radical (unpaired) electrons. The van der Waals surface area contributed by atoms with Gasteiger partial charge in [-0.1, -0.05) is 12.5 Å². The van der Waals surface area contributed by atoms with Gasteiger partial charge in [-0.3, -0.25) is 4.79 Å². The molecule has 2 heterocycles. The van der Waals surface area contributed by atoms with Gasteiger partial charge in [0.25, 0.3) is 5.91 Å². The second-order valence-corrected chi connectivity index (χ2v) is 10.4. The number of aryl methyl sites for hydroxylation is 1. The van der Waals surface area contributed by atoms with Gasteiger partial charge in [-0.15, -0.1) is 11.3 Å². The molecule has 9 heteroatoms. The topological polar surface area (TPSA) is 75.7 Å². The first-order chi connectivity index (χ1) is 14.8. The lowest BCUT2D eigenvalue weighted by Crippen LogP contribution is -2.35. The molecule has 1 aromatic heterocycles. The lowest BCUT2D eigenvalue weighted by molar-refractivity contribution is 0.102. The van der Waals surface area contributed by atoms with Crippen LogP contribution in [0.4, 0.5) is 10.1 Å². The van der Waals surface area contributed by atoms with E-state index in [1.54, 1.807) is 19.1 Å². The fourth-order valence-corrected chi connectivity index (χ4v) is 6.51. The Morgan fingerprint density at radius 3 is 2.58 bits per heavy atom. The van der Waals surface area contributed by atoms with Gasteiger partial charge in [0.1, 0.15) is 11.6 Å². The van der Waals surface area contributed by atoms with Gasteiger partial charge in [0.05, 0.1) is 22.6 Å². The van der Waals surface area contributed by atoms with Crippen molar-refractivity contribution >= 4 is 43.0 Å². The monoisotopic (exact) mass is 462 g/mol. The summed E-state index contributed by atoms with van der Waals surface area (Å²) in [5.41, 5.74) is 0.801. The van der Waals surface area contributed by atoms with E-state index in [4.69, 9.17) is 4.74 Å². The maximum Gasteiger partial charge on any atom is 0.266 e. The molecule has 0 unspecified atom stereocenters. The fraction of sp³-hybridized carbons (Fsp3) is 0.318. The number of nitrogens with one attached hydrogen (secondary N) is 1. The molecule has 6 nitrogen and oxygen atoms in total. The Kier molecular flexibility index (Phi) is 6.00. The molecule has 2 aromatic carbocycles. The third kappa shape index (κ3) is 4.05. The number of amides is 1. The smallest absolute Gasteiger partial charge is 0.266 e. The summed E-state index contributed by atoms with van der Waals surface area (Å²) in [5.74, 6) is -0.475. The van der Waals surface area contributed by atoms with Crippen LogP contribution >= 0.6 is 11.3 Å². The average Bonchev–Trinajstić information content (AvgIpc) is 3.12. The number of benzene rings is 2. The Balaban J connectivity index is 1.68. The molecule has 1 aliphatic heterocycles. The van der Waals surface area contributed by atoms with Crippen LogP contribution in [0.2, 0.25) is 0 Å². The second-order valence-electron chi connectivity index (χ2n) is 7.45. The molecule has 0 saturated carbocycles. The van der Waals surface area contributed by atoms with Crippen molar-refractivity contribution in [1.29, 1.82) is 0 Å². The molecule has 0 bridgehead atoms. The number of thiophene rings is 1. The highest BCUT2D eigenvalue weighted by Gasteiger charge is 2.27. The number of hydrogen-bond acceptors (Lipinski definition) is 5. The molecule has 164 valence electrons. The van der Waals surface area contributed by atoms with Crippen LogP contribution < -0.4 is 10.1 Å². The lowest BCUT2D eigenvalue weighted by Gasteiger charge is -2.26. The van der Waals surface area contributed by atoms with Gasteiger partial charge in [0.15, 0.2) is 0 Å². The largest absolute Gasteiger partial charge is 0.495 e. The number of ether oxygens (including phenoxy) is 1. The maximum atomic E-state index is 14.2. The summed E-state index contributed by atoms with van der Waals surface area (Å²) in [4.78, 5) is 13.5. The first-order valence-corrected chi connectivity index (χ1v) is 12.3. The quantitative estimate of drug-likeness (QED) is 0.592. The molecule has 1 amide bonds. The summed E-state index contributed by atoms with van der Waals surface area (Å²) in [7, 11) is -2.22. The third-order valence-electron chi connectivity index (χ3n) is 5.48. The highest BCUT2D eigenvalue weighted by molar-refractivity contribution is 7.89. The van der Waals surface area contributed by atoms with E-state index in [0.717, 1.165) is 19.3 Å². The Morgan fingerprint density at radius 2 is 1.90 bits per heavy atom. The van der Waals surface area contributed by atoms with Crippen molar-refractivity contribution in [1.82, 2.24) is 4.31 Å². The Morgan fingerprint density at radius 1 is 1.16 bits per heavy atom. The number of fused-ring (bicyclic) bond motifs is 1. The van der Waals surface area contributed by atoms with Crippen LogP contribution in [0.1, 0.15) is 34.5 Å². The molecule has 0 atom stereocenters. The molecular weight excluding hydrogens is 439 g/mol. The SMILES string of the molecule is COc1ccc(S(=O)(=O)N2CCCCC2)cc1NC(=O)c1sc2cccc(F)c2c1C. The second kappa shape index (κ2) is 8.57. The number of rotatable bonds is 5. The van der Waals surface area contributed by atoms with E-state index in [2.05, 4.69) is 5.32 Å². The zero-order chi connectivity index (χ0) is 22.2. The highest BCUT2D eigenvalue weighted by Crippen LogP contribution is 2.35. The van der Waals surface area contributed by atoms with Crippen LogP contribution in [0.25, 0.3) is 10.1 Å². The fourth-order valence-electron chi connectivity index (χ4n) is 3.85. The minimum Gasteiger partial charge on any atom is -0.495 e. The van der Waals surface area contributed by atoms with Gasteiger partial charge in [-0.2, -0.15) is 4.31 Å². The van der Waals surface area contributed by atoms with Crippen LogP contribution in [-0.2, 0) is 10.0 Å².